The number of hydrogen-bond acceptors (Lipinski definition) is 4. The molecule has 1 atom stereocenters. The monoisotopic (exact) mass is 294 g/mol. The van der Waals surface area contributed by atoms with Crippen molar-refractivity contribution in [3.63, 3.8) is 0 Å². The summed E-state index contributed by atoms with van der Waals surface area (Å²) in [6.45, 7) is 2.31. The maximum Gasteiger partial charge on any atom is 0.310 e. The van der Waals surface area contributed by atoms with Gasteiger partial charge in [0.15, 0.2) is 0 Å². The van der Waals surface area contributed by atoms with E-state index >= 15 is 0 Å². The molecule has 6 nitrogen and oxygen atoms in total. The maximum absolute atomic E-state index is 12.6. The molecule has 0 radical (unpaired) electrons. The fraction of sp³-hybridized carbons (Fsp3) is 0.600. The topological polar surface area (TPSA) is 60.8 Å². The van der Waals surface area contributed by atoms with Crippen LogP contribution < -0.4 is 0 Å². The van der Waals surface area contributed by atoms with Gasteiger partial charge in [0, 0.05) is 32.9 Å². The van der Waals surface area contributed by atoms with E-state index in [1.807, 2.05) is 16.8 Å². The predicted molar refractivity (Wildman–Crippen MR) is 77.0 cm³/mol. The molecule has 1 amide bonds. The lowest BCUT2D eigenvalue weighted by molar-refractivity contribution is -0.146. The lowest BCUT2D eigenvalue weighted by atomic mass is 9.98. The number of carbonyl (C=O) groups excluding carboxylic acids is 2. The first-order valence-electron chi connectivity index (χ1n) is 7.18. The van der Waals surface area contributed by atoms with E-state index in [4.69, 9.17) is 9.47 Å². The Morgan fingerprint density at radius 1 is 1.38 bits per heavy atom. The van der Waals surface area contributed by atoms with Gasteiger partial charge in [0.1, 0.15) is 5.69 Å². The van der Waals surface area contributed by atoms with Crippen LogP contribution in [0.25, 0.3) is 0 Å². The number of rotatable bonds is 5. The Labute approximate surface area is 124 Å². The van der Waals surface area contributed by atoms with Crippen molar-refractivity contribution >= 4 is 11.9 Å². The van der Waals surface area contributed by atoms with E-state index in [0.29, 0.717) is 31.9 Å². The number of aromatic nitrogens is 1. The van der Waals surface area contributed by atoms with Crippen molar-refractivity contribution in [2.24, 2.45) is 5.92 Å². The van der Waals surface area contributed by atoms with E-state index in [1.165, 1.54) is 7.11 Å². The predicted octanol–water partition coefficient (Wildman–Crippen LogP) is 1.16. The van der Waals surface area contributed by atoms with Crippen LogP contribution >= 0.6 is 0 Å². The highest BCUT2D eigenvalue weighted by Crippen LogP contribution is 2.20. The Kier molecular flexibility index (Phi) is 5.38. The fourth-order valence-corrected chi connectivity index (χ4v) is 2.68. The lowest BCUT2D eigenvalue weighted by Gasteiger charge is -2.31. The molecular formula is C15H22N2O4. The van der Waals surface area contributed by atoms with Crippen LogP contribution in [0.3, 0.4) is 0 Å². The molecule has 21 heavy (non-hydrogen) atoms. The molecule has 0 aliphatic carbocycles. The van der Waals surface area contributed by atoms with Gasteiger partial charge in [-0.2, -0.15) is 0 Å². The molecular weight excluding hydrogens is 272 g/mol. The highest BCUT2D eigenvalue weighted by Gasteiger charge is 2.30. The summed E-state index contributed by atoms with van der Waals surface area (Å²) in [4.78, 5) is 26.0. The second-order valence-electron chi connectivity index (χ2n) is 5.19. The van der Waals surface area contributed by atoms with Gasteiger partial charge in [0.2, 0.25) is 0 Å². The van der Waals surface area contributed by atoms with Crippen molar-refractivity contribution < 1.29 is 19.1 Å². The number of methoxy groups -OCH3 is 2. The second kappa shape index (κ2) is 7.26. The van der Waals surface area contributed by atoms with Crippen molar-refractivity contribution in [2.45, 2.75) is 19.4 Å². The SMILES string of the molecule is COCCn1cccc1C(=O)N1CCCC(C(=O)OC)C1. The molecule has 116 valence electrons. The Bertz CT molecular complexity index is 498. The molecule has 1 aromatic rings. The summed E-state index contributed by atoms with van der Waals surface area (Å²) in [5, 5.41) is 0. The zero-order valence-corrected chi connectivity index (χ0v) is 12.6. The summed E-state index contributed by atoms with van der Waals surface area (Å²) in [5.41, 5.74) is 0.637. The molecule has 0 bridgehead atoms. The smallest absolute Gasteiger partial charge is 0.310 e. The minimum absolute atomic E-state index is 0.0373. The van der Waals surface area contributed by atoms with E-state index < -0.39 is 0 Å². The Balaban J connectivity index is 2.05. The normalized spacial score (nSPS) is 18.6. The number of nitrogens with zero attached hydrogens (tertiary/aromatic N) is 2. The molecule has 0 aromatic carbocycles. The largest absolute Gasteiger partial charge is 0.469 e. The number of piperidine rings is 1. The Hall–Kier alpha value is -1.82. The second-order valence-corrected chi connectivity index (χ2v) is 5.19. The van der Waals surface area contributed by atoms with Crippen LogP contribution in [0.5, 0.6) is 0 Å². The lowest BCUT2D eigenvalue weighted by Crippen LogP contribution is -2.43. The zero-order chi connectivity index (χ0) is 15.2. The number of amides is 1. The zero-order valence-electron chi connectivity index (χ0n) is 12.6. The minimum Gasteiger partial charge on any atom is -0.469 e. The molecule has 2 rings (SSSR count). The first-order valence-corrected chi connectivity index (χ1v) is 7.18. The van der Waals surface area contributed by atoms with Crippen molar-refractivity contribution in [3.8, 4) is 0 Å². The van der Waals surface area contributed by atoms with Gasteiger partial charge in [-0.05, 0) is 25.0 Å². The number of carbonyl (C=O) groups is 2. The summed E-state index contributed by atoms with van der Waals surface area (Å²) in [5.74, 6) is -0.484. The third-order valence-electron chi connectivity index (χ3n) is 3.83. The molecule has 0 saturated carbocycles. The molecule has 1 aromatic heterocycles. The van der Waals surface area contributed by atoms with Crippen molar-refractivity contribution in [3.05, 3.63) is 24.0 Å². The van der Waals surface area contributed by atoms with Gasteiger partial charge in [-0.3, -0.25) is 9.59 Å². The van der Waals surface area contributed by atoms with Gasteiger partial charge < -0.3 is 18.9 Å². The fourth-order valence-electron chi connectivity index (χ4n) is 2.68. The van der Waals surface area contributed by atoms with E-state index in [-0.39, 0.29) is 17.8 Å². The van der Waals surface area contributed by atoms with Crippen LogP contribution in [0.1, 0.15) is 23.3 Å². The van der Waals surface area contributed by atoms with E-state index in [1.54, 1.807) is 18.1 Å². The van der Waals surface area contributed by atoms with Gasteiger partial charge in [0.05, 0.1) is 19.6 Å². The number of likely N-dealkylation sites (tertiary alicyclic amines) is 1. The summed E-state index contributed by atoms with van der Waals surface area (Å²) >= 11 is 0. The molecule has 1 fully saturated rings. The van der Waals surface area contributed by atoms with Gasteiger partial charge in [0.25, 0.3) is 5.91 Å². The van der Waals surface area contributed by atoms with Crippen molar-refractivity contribution in [1.29, 1.82) is 0 Å². The standard InChI is InChI=1S/C15H22N2O4/c1-20-10-9-16-7-4-6-13(16)14(18)17-8-3-5-12(11-17)15(19)21-2/h4,6-7,12H,3,5,8-11H2,1-2H3. The highest BCUT2D eigenvalue weighted by atomic mass is 16.5. The maximum atomic E-state index is 12.6. The molecule has 2 heterocycles. The molecule has 0 spiro atoms. The molecule has 0 N–H and O–H groups in total. The van der Waals surface area contributed by atoms with E-state index in [2.05, 4.69) is 0 Å². The van der Waals surface area contributed by atoms with Gasteiger partial charge in [-0.25, -0.2) is 0 Å². The molecule has 1 aliphatic rings. The summed E-state index contributed by atoms with van der Waals surface area (Å²) in [6.07, 6.45) is 3.47. The van der Waals surface area contributed by atoms with Crippen LogP contribution in [0.4, 0.5) is 0 Å². The molecule has 6 heteroatoms. The Morgan fingerprint density at radius 3 is 2.90 bits per heavy atom. The van der Waals surface area contributed by atoms with Crippen LogP contribution in [0, 0.1) is 5.92 Å². The number of ether oxygens (including phenoxy) is 2. The van der Waals surface area contributed by atoms with Crippen molar-refractivity contribution in [1.82, 2.24) is 9.47 Å². The third kappa shape index (κ3) is 3.64. The summed E-state index contributed by atoms with van der Waals surface area (Å²) < 4.78 is 11.7. The van der Waals surface area contributed by atoms with Gasteiger partial charge in [-0.1, -0.05) is 0 Å². The highest BCUT2D eigenvalue weighted by molar-refractivity contribution is 5.93. The molecule has 1 saturated heterocycles. The first-order chi connectivity index (χ1) is 10.2. The molecule has 1 unspecified atom stereocenters. The quantitative estimate of drug-likeness (QED) is 0.765. The number of hydrogen-bond donors (Lipinski definition) is 0. The average molecular weight is 294 g/mol. The van der Waals surface area contributed by atoms with Crippen LogP contribution in [0.2, 0.25) is 0 Å². The van der Waals surface area contributed by atoms with Gasteiger partial charge >= 0.3 is 5.97 Å². The first kappa shape index (κ1) is 15.6. The Morgan fingerprint density at radius 2 is 2.19 bits per heavy atom. The van der Waals surface area contributed by atoms with Gasteiger partial charge in [-0.15, -0.1) is 0 Å². The minimum atomic E-state index is -0.234. The molecule has 1 aliphatic heterocycles. The third-order valence-corrected chi connectivity index (χ3v) is 3.83. The van der Waals surface area contributed by atoms with Crippen LogP contribution in [-0.4, -0.2) is 55.3 Å². The van der Waals surface area contributed by atoms with Crippen LogP contribution in [0.15, 0.2) is 18.3 Å². The van der Waals surface area contributed by atoms with Crippen molar-refractivity contribution in [2.75, 3.05) is 33.9 Å². The van der Waals surface area contributed by atoms with E-state index in [9.17, 15) is 9.59 Å². The van der Waals surface area contributed by atoms with E-state index in [0.717, 1.165) is 12.8 Å². The summed E-state index contributed by atoms with van der Waals surface area (Å²) in [6, 6.07) is 3.66. The van der Waals surface area contributed by atoms with Crippen LogP contribution in [-0.2, 0) is 20.8 Å². The number of esters is 1. The summed E-state index contributed by atoms with van der Waals surface area (Å²) in [7, 11) is 3.02. The average Bonchev–Trinajstić information content (AvgIpc) is 2.99.